The van der Waals surface area contributed by atoms with Gasteiger partial charge in [0, 0.05) is 18.3 Å². The van der Waals surface area contributed by atoms with Crippen LogP contribution in [0.4, 0.5) is 4.79 Å². The topological polar surface area (TPSA) is 60.9 Å². The summed E-state index contributed by atoms with van der Waals surface area (Å²) < 4.78 is 16.5. The number of hydrogen-bond acceptors (Lipinski definition) is 5. The first-order valence-electron chi connectivity index (χ1n) is 9.62. The SMILES string of the molecule is COc1ccc(Oc2cncc(C#C[C@@H]3CCCN3C(=O)OC(C)(C)C)c2)cc1. The van der Waals surface area contributed by atoms with Crippen molar-refractivity contribution in [2.24, 2.45) is 0 Å². The Morgan fingerprint density at radius 1 is 1.14 bits per heavy atom. The van der Waals surface area contributed by atoms with Crippen molar-refractivity contribution in [3.8, 4) is 29.1 Å². The number of likely N-dealkylation sites (tertiary alicyclic amines) is 1. The summed E-state index contributed by atoms with van der Waals surface area (Å²) in [6, 6.07) is 8.99. The van der Waals surface area contributed by atoms with Gasteiger partial charge >= 0.3 is 6.09 Å². The zero-order chi connectivity index (χ0) is 20.9. The van der Waals surface area contributed by atoms with Crippen LogP contribution in [0, 0.1) is 11.8 Å². The lowest BCUT2D eigenvalue weighted by Crippen LogP contribution is -2.39. The van der Waals surface area contributed by atoms with Gasteiger partial charge in [0.15, 0.2) is 0 Å². The maximum Gasteiger partial charge on any atom is 0.411 e. The summed E-state index contributed by atoms with van der Waals surface area (Å²) in [5.74, 6) is 8.35. The van der Waals surface area contributed by atoms with Crippen LogP contribution in [-0.4, -0.2) is 41.3 Å². The maximum atomic E-state index is 12.4. The number of hydrogen-bond donors (Lipinski definition) is 0. The molecule has 0 spiro atoms. The van der Waals surface area contributed by atoms with E-state index >= 15 is 0 Å². The Morgan fingerprint density at radius 2 is 1.86 bits per heavy atom. The average Bonchev–Trinajstić information content (AvgIpc) is 3.15. The number of benzene rings is 1. The second-order valence-corrected chi connectivity index (χ2v) is 7.79. The zero-order valence-corrected chi connectivity index (χ0v) is 17.3. The van der Waals surface area contributed by atoms with Gasteiger partial charge in [0.2, 0.25) is 0 Å². The molecule has 1 fully saturated rings. The van der Waals surface area contributed by atoms with Gasteiger partial charge in [0.05, 0.1) is 19.3 Å². The van der Waals surface area contributed by atoms with Crippen LogP contribution in [0.1, 0.15) is 39.2 Å². The lowest BCUT2D eigenvalue weighted by molar-refractivity contribution is 0.0261. The Bertz CT molecular complexity index is 907. The first-order valence-corrected chi connectivity index (χ1v) is 9.62. The largest absolute Gasteiger partial charge is 0.497 e. The van der Waals surface area contributed by atoms with E-state index in [0.29, 0.717) is 18.0 Å². The summed E-state index contributed by atoms with van der Waals surface area (Å²) in [6.07, 6.45) is 4.75. The van der Waals surface area contributed by atoms with E-state index < -0.39 is 5.60 Å². The van der Waals surface area contributed by atoms with Gasteiger partial charge in [-0.3, -0.25) is 9.88 Å². The standard InChI is InChI=1S/C23H26N2O4/c1-23(2,3)29-22(26)25-13-5-6-18(25)8-7-17-14-21(16-24-15-17)28-20-11-9-19(27-4)10-12-20/h9-12,14-16,18H,5-6,13H2,1-4H3/t18-/m0/s1. The van der Waals surface area contributed by atoms with Crippen molar-refractivity contribution in [1.82, 2.24) is 9.88 Å². The summed E-state index contributed by atoms with van der Waals surface area (Å²) in [5, 5.41) is 0. The molecule has 2 aromatic rings. The number of aromatic nitrogens is 1. The molecule has 2 heterocycles. The molecule has 0 N–H and O–H groups in total. The van der Waals surface area contributed by atoms with E-state index in [0.717, 1.165) is 24.2 Å². The quantitative estimate of drug-likeness (QED) is 0.710. The van der Waals surface area contributed by atoms with Crippen molar-refractivity contribution in [2.75, 3.05) is 13.7 Å². The molecule has 1 aromatic heterocycles. The van der Waals surface area contributed by atoms with Crippen LogP contribution in [0.25, 0.3) is 0 Å². The number of ether oxygens (including phenoxy) is 3. The van der Waals surface area contributed by atoms with Crippen molar-refractivity contribution < 1.29 is 19.0 Å². The number of pyridine rings is 1. The van der Waals surface area contributed by atoms with E-state index in [1.807, 2.05) is 51.1 Å². The smallest absolute Gasteiger partial charge is 0.411 e. The monoisotopic (exact) mass is 394 g/mol. The fraction of sp³-hybridized carbons (Fsp3) is 0.391. The molecule has 1 saturated heterocycles. The van der Waals surface area contributed by atoms with Gasteiger partial charge in [0.25, 0.3) is 0 Å². The molecule has 6 nitrogen and oxygen atoms in total. The van der Waals surface area contributed by atoms with Gasteiger partial charge in [-0.15, -0.1) is 0 Å². The van der Waals surface area contributed by atoms with Crippen molar-refractivity contribution >= 4 is 6.09 Å². The third-order valence-corrected chi connectivity index (χ3v) is 4.27. The molecule has 6 heteroatoms. The van der Waals surface area contributed by atoms with Crippen LogP contribution in [0.3, 0.4) is 0 Å². The zero-order valence-electron chi connectivity index (χ0n) is 17.3. The van der Waals surface area contributed by atoms with E-state index in [-0.39, 0.29) is 12.1 Å². The van der Waals surface area contributed by atoms with Crippen LogP contribution in [0.15, 0.2) is 42.7 Å². The first kappa shape index (κ1) is 20.5. The Hall–Kier alpha value is -3.20. The van der Waals surface area contributed by atoms with Gasteiger partial charge in [-0.1, -0.05) is 11.8 Å². The lowest BCUT2D eigenvalue weighted by atomic mass is 10.2. The number of carbonyl (C=O) groups is 1. The van der Waals surface area contributed by atoms with Crippen molar-refractivity contribution in [3.05, 3.63) is 48.3 Å². The van der Waals surface area contributed by atoms with Crippen LogP contribution in [0.5, 0.6) is 17.2 Å². The average molecular weight is 394 g/mol. The third-order valence-electron chi connectivity index (χ3n) is 4.27. The number of rotatable bonds is 3. The van der Waals surface area contributed by atoms with E-state index in [4.69, 9.17) is 14.2 Å². The fourth-order valence-electron chi connectivity index (χ4n) is 2.95. The fourth-order valence-corrected chi connectivity index (χ4v) is 2.95. The number of methoxy groups -OCH3 is 1. The van der Waals surface area contributed by atoms with E-state index in [1.165, 1.54) is 0 Å². The Balaban J connectivity index is 1.68. The Kier molecular flexibility index (Phi) is 6.28. The Morgan fingerprint density at radius 3 is 2.55 bits per heavy atom. The highest BCUT2D eigenvalue weighted by atomic mass is 16.6. The summed E-state index contributed by atoms with van der Waals surface area (Å²) >= 11 is 0. The molecule has 0 bridgehead atoms. The molecule has 1 aliphatic heterocycles. The number of carbonyl (C=O) groups excluding carboxylic acids is 1. The molecule has 0 unspecified atom stereocenters. The van der Waals surface area contributed by atoms with Gasteiger partial charge in [0.1, 0.15) is 22.8 Å². The van der Waals surface area contributed by atoms with Gasteiger partial charge in [-0.2, -0.15) is 0 Å². The molecule has 1 aliphatic rings. The minimum Gasteiger partial charge on any atom is -0.497 e. The van der Waals surface area contributed by atoms with Crippen LogP contribution in [-0.2, 0) is 4.74 Å². The molecule has 1 amide bonds. The second-order valence-electron chi connectivity index (χ2n) is 7.79. The molecular weight excluding hydrogens is 368 g/mol. The summed E-state index contributed by atoms with van der Waals surface area (Å²) in [5.41, 5.74) is 0.210. The molecular formula is C23H26N2O4. The molecule has 3 rings (SSSR count). The van der Waals surface area contributed by atoms with Crippen LogP contribution >= 0.6 is 0 Å². The summed E-state index contributed by atoms with van der Waals surface area (Å²) in [4.78, 5) is 18.3. The van der Waals surface area contributed by atoms with Crippen molar-refractivity contribution in [2.45, 2.75) is 45.3 Å². The van der Waals surface area contributed by atoms with Crippen LogP contribution in [0.2, 0.25) is 0 Å². The van der Waals surface area contributed by atoms with Crippen molar-refractivity contribution in [3.63, 3.8) is 0 Å². The minimum absolute atomic E-state index is 0.156. The maximum absolute atomic E-state index is 12.4. The second kappa shape index (κ2) is 8.87. The van der Waals surface area contributed by atoms with E-state index in [2.05, 4.69) is 16.8 Å². The van der Waals surface area contributed by atoms with Gasteiger partial charge in [-0.05, 0) is 63.9 Å². The minimum atomic E-state index is -0.519. The highest BCUT2D eigenvalue weighted by molar-refractivity contribution is 5.69. The van der Waals surface area contributed by atoms with Crippen molar-refractivity contribution in [1.29, 1.82) is 0 Å². The van der Waals surface area contributed by atoms with E-state index in [9.17, 15) is 4.79 Å². The van der Waals surface area contributed by atoms with Crippen LogP contribution < -0.4 is 9.47 Å². The molecule has 0 aliphatic carbocycles. The van der Waals surface area contributed by atoms with Gasteiger partial charge < -0.3 is 14.2 Å². The lowest BCUT2D eigenvalue weighted by Gasteiger charge is -2.26. The number of amides is 1. The summed E-state index contributed by atoms with van der Waals surface area (Å²) in [7, 11) is 1.62. The molecule has 1 aromatic carbocycles. The summed E-state index contributed by atoms with van der Waals surface area (Å²) in [6.45, 7) is 6.25. The highest BCUT2D eigenvalue weighted by Crippen LogP contribution is 2.24. The molecule has 0 saturated carbocycles. The molecule has 0 radical (unpaired) electrons. The molecule has 29 heavy (non-hydrogen) atoms. The molecule has 152 valence electrons. The third kappa shape index (κ3) is 5.89. The Labute approximate surface area is 171 Å². The highest BCUT2D eigenvalue weighted by Gasteiger charge is 2.31. The normalized spacial score (nSPS) is 16.0. The first-order chi connectivity index (χ1) is 13.8. The predicted molar refractivity (Wildman–Crippen MR) is 110 cm³/mol. The molecule has 1 atom stereocenters. The van der Waals surface area contributed by atoms with E-state index in [1.54, 1.807) is 24.4 Å². The predicted octanol–water partition coefficient (Wildman–Crippen LogP) is 4.63. The number of nitrogens with zero attached hydrogens (tertiary/aromatic N) is 2. The van der Waals surface area contributed by atoms with Gasteiger partial charge in [-0.25, -0.2) is 4.79 Å².